The Morgan fingerprint density at radius 2 is 1.08 bits per heavy atom. The van der Waals surface area contributed by atoms with Gasteiger partial charge < -0.3 is 9.13 Å². The van der Waals surface area contributed by atoms with Crippen molar-refractivity contribution in [3.8, 4) is 45.8 Å². The molecule has 50 heavy (non-hydrogen) atoms. The smallest absolute Gasteiger partial charge is 0.189 e. The molecule has 2 heterocycles. The first-order valence-electron chi connectivity index (χ1n) is 16.2. The van der Waals surface area contributed by atoms with Gasteiger partial charge in [-0.3, -0.25) is 0 Å². The fraction of sp³-hybridized carbons (Fsp3) is 0. The number of fused-ring (bicyclic) bond motifs is 6. The monoisotopic (exact) mass is 635 g/mol. The van der Waals surface area contributed by atoms with E-state index in [2.05, 4.69) is 117 Å². The number of rotatable bonds is 4. The first-order valence-corrected chi connectivity index (χ1v) is 16.2. The van der Waals surface area contributed by atoms with Crippen molar-refractivity contribution >= 4 is 49.3 Å². The van der Waals surface area contributed by atoms with E-state index >= 15 is 0 Å². The Kier molecular flexibility index (Phi) is 6.56. The molecule has 0 atom stereocenters. The molecule has 0 saturated heterocycles. The van der Waals surface area contributed by atoms with Crippen LogP contribution in [0.2, 0.25) is 0 Å². The zero-order valence-corrected chi connectivity index (χ0v) is 26.7. The molecule has 5 nitrogen and oxygen atoms in total. The highest BCUT2D eigenvalue weighted by atomic mass is 15.0. The van der Waals surface area contributed by atoms with E-state index in [0.29, 0.717) is 16.8 Å². The molecule has 230 valence electrons. The van der Waals surface area contributed by atoms with Crippen molar-refractivity contribution in [1.82, 2.24) is 9.13 Å². The molecular formula is C45H25N5. The Morgan fingerprint density at radius 1 is 0.460 bits per heavy atom. The van der Waals surface area contributed by atoms with E-state index in [0.717, 1.165) is 66.5 Å². The first kappa shape index (κ1) is 28.8. The molecule has 0 aliphatic rings. The highest BCUT2D eigenvalue weighted by molar-refractivity contribution is 6.11. The molecule has 0 fully saturated rings. The Balaban J connectivity index is 1.26. The summed E-state index contributed by atoms with van der Waals surface area (Å²) in [5.74, 6) is 0. The number of hydrogen-bond acceptors (Lipinski definition) is 2. The summed E-state index contributed by atoms with van der Waals surface area (Å²) in [5, 5.41) is 24.3. The van der Waals surface area contributed by atoms with E-state index in [1.807, 2.05) is 60.7 Å². The van der Waals surface area contributed by atoms with Crippen LogP contribution in [-0.2, 0) is 0 Å². The van der Waals surface area contributed by atoms with Crippen molar-refractivity contribution in [3.05, 3.63) is 174 Å². The van der Waals surface area contributed by atoms with Crippen LogP contribution in [0.25, 0.3) is 82.1 Å². The molecule has 2 aromatic heterocycles. The molecular weight excluding hydrogens is 611 g/mol. The second kappa shape index (κ2) is 11.4. The second-order valence-corrected chi connectivity index (χ2v) is 12.3. The van der Waals surface area contributed by atoms with Crippen LogP contribution >= 0.6 is 0 Å². The normalized spacial score (nSPS) is 11.1. The highest BCUT2D eigenvalue weighted by Gasteiger charge is 2.18. The second-order valence-electron chi connectivity index (χ2n) is 12.3. The van der Waals surface area contributed by atoms with Crippen LogP contribution in [0.3, 0.4) is 0 Å². The SMILES string of the molecule is [C-]#[N+]c1ccc(-c2cc(C#N)cc(-c3cccc(-n4c5ccccc5c5ccccc54)c3)c2)c(-n2c3ccccc3c3cc(C#N)ccc32)c1. The van der Waals surface area contributed by atoms with Crippen LogP contribution in [0.5, 0.6) is 0 Å². The zero-order chi connectivity index (χ0) is 33.8. The van der Waals surface area contributed by atoms with Crippen molar-refractivity contribution < 1.29 is 0 Å². The van der Waals surface area contributed by atoms with Gasteiger partial charge in [-0.25, -0.2) is 4.85 Å². The lowest BCUT2D eigenvalue weighted by Gasteiger charge is -2.16. The summed E-state index contributed by atoms with van der Waals surface area (Å²) in [6, 6.07) is 55.6. The average molecular weight is 636 g/mol. The minimum absolute atomic E-state index is 0.513. The number of benzene rings is 7. The van der Waals surface area contributed by atoms with Crippen LogP contribution in [0, 0.1) is 29.2 Å². The third-order valence-electron chi connectivity index (χ3n) is 9.54. The number of nitrogens with zero attached hydrogens (tertiary/aromatic N) is 5. The fourth-order valence-electron chi connectivity index (χ4n) is 7.36. The van der Waals surface area contributed by atoms with Crippen molar-refractivity contribution in [2.24, 2.45) is 0 Å². The summed E-state index contributed by atoms with van der Waals surface area (Å²) < 4.78 is 4.46. The van der Waals surface area contributed by atoms with E-state index < -0.39 is 0 Å². The molecule has 0 N–H and O–H groups in total. The molecule has 0 saturated carbocycles. The van der Waals surface area contributed by atoms with E-state index in [1.54, 1.807) is 0 Å². The van der Waals surface area contributed by atoms with Gasteiger partial charge in [0.15, 0.2) is 5.69 Å². The Morgan fingerprint density at radius 3 is 1.76 bits per heavy atom. The minimum atomic E-state index is 0.513. The fourth-order valence-corrected chi connectivity index (χ4v) is 7.36. The Hall–Kier alpha value is -7.39. The molecule has 0 aliphatic heterocycles. The van der Waals surface area contributed by atoms with Crippen molar-refractivity contribution in [2.75, 3.05) is 0 Å². The van der Waals surface area contributed by atoms with Gasteiger partial charge in [0.05, 0.1) is 51.9 Å². The van der Waals surface area contributed by atoms with Gasteiger partial charge in [-0.15, -0.1) is 0 Å². The molecule has 0 amide bonds. The lowest BCUT2D eigenvalue weighted by Crippen LogP contribution is -1.98. The van der Waals surface area contributed by atoms with Crippen molar-refractivity contribution in [2.45, 2.75) is 0 Å². The highest BCUT2D eigenvalue weighted by Crippen LogP contribution is 2.40. The molecule has 5 heteroatoms. The van der Waals surface area contributed by atoms with Crippen LogP contribution in [0.1, 0.15) is 11.1 Å². The topological polar surface area (TPSA) is 61.8 Å². The first-order chi connectivity index (χ1) is 24.6. The molecule has 7 aromatic carbocycles. The van der Waals surface area contributed by atoms with Gasteiger partial charge in [-0.2, -0.15) is 10.5 Å². The number of hydrogen-bond donors (Lipinski definition) is 0. The maximum Gasteiger partial charge on any atom is 0.189 e. The molecule has 0 bridgehead atoms. The van der Waals surface area contributed by atoms with Gasteiger partial charge in [0.1, 0.15) is 0 Å². The van der Waals surface area contributed by atoms with Gasteiger partial charge in [-0.1, -0.05) is 78.9 Å². The molecule has 0 radical (unpaired) electrons. The van der Waals surface area contributed by atoms with Crippen molar-refractivity contribution in [1.29, 1.82) is 10.5 Å². The standard InChI is InChI=1S/C45H25N5/c1-48-34-18-19-36(45(26-34)50-43-16-7-4-13-39(43)40-23-29(27-46)17-20-44(40)50)33-22-30(28-47)21-32(24-33)31-9-8-10-35(25-31)49-41-14-5-2-11-37(41)38-12-3-6-15-42(38)49/h2-26H. The van der Waals surface area contributed by atoms with Gasteiger partial charge >= 0.3 is 0 Å². The lowest BCUT2D eigenvalue weighted by atomic mass is 9.95. The van der Waals surface area contributed by atoms with E-state index in [9.17, 15) is 10.5 Å². The van der Waals surface area contributed by atoms with Crippen LogP contribution in [0.4, 0.5) is 5.69 Å². The van der Waals surface area contributed by atoms with Crippen LogP contribution in [0.15, 0.2) is 152 Å². The predicted molar refractivity (Wildman–Crippen MR) is 202 cm³/mol. The third-order valence-corrected chi connectivity index (χ3v) is 9.54. The van der Waals surface area contributed by atoms with Crippen LogP contribution < -0.4 is 0 Å². The summed E-state index contributed by atoms with van der Waals surface area (Å²) in [7, 11) is 0. The van der Waals surface area contributed by atoms with Crippen LogP contribution in [-0.4, -0.2) is 9.13 Å². The summed E-state index contributed by atoms with van der Waals surface area (Å²) in [4.78, 5) is 3.78. The largest absolute Gasteiger partial charge is 0.310 e. The summed E-state index contributed by atoms with van der Waals surface area (Å²) >= 11 is 0. The maximum absolute atomic E-state index is 10.3. The molecule has 9 aromatic rings. The van der Waals surface area contributed by atoms with Gasteiger partial charge in [-0.05, 0) is 89.5 Å². The third kappa shape index (κ3) is 4.45. The summed E-state index contributed by atoms with van der Waals surface area (Å²) in [5.41, 5.74) is 11.3. The van der Waals surface area contributed by atoms with E-state index in [-0.39, 0.29) is 0 Å². The predicted octanol–water partition coefficient (Wildman–Crippen LogP) is 11.5. The molecule has 9 rings (SSSR count). The number of para-hydroxylation sites is 3. The Labute approximate surface area is 288 Å². The molecule has 0 unspecified atom stereocenters. The van der Waals surface area contributed by atoms with Gasteiger partial charge in [0.25, 0.3) is 0 Å². The summed E-state index contributed by atoms with van der Waals surface area (Å²) in [6.07, 6.45) is 0. The minimum Gasteiger partial charge on any atom is -0.310 e. The van der Waals surface area contributed by atoms with E-state index in [1.165, 1.54) is 10.8 Å². The summed E-state index contributed by atoms with van der Waals surface area (Å²) in [6.45, 7) is 7.84. The van der Waals surface area contributed by atoms with E-state index in [4.69, 9.17) is 6.57 Å². The van der Waals surface area contributed by atoms with Crippen molar-refractivity contribution in [3.63, 3.8) is 0 Å². The lowest BCUT2D eigenvalue weighted by molar-refractivity contribution is 1.18. The van der Waals surface area contributed by atoms with Gasteiger partial charge in [0, 0.05) is 38.5 Å². The average Bonchev–Trinajstić information content (AvgIpc) is 3.70. The quantitative estimate of drug-likeness (QED) is 0.181. The number of nitriles is 2. The Bertz CT molecular complexity index is 2920. The van der Waals surface area contributed by atoms with Gasteiger partial charge in [0.2, 0.25) is 0 Å². The molecule has 0 aliphatic carbocycles. The maximum atomic E-state index is 10.3. The molecule has 0 spiro atoms. The number of aromatic nitrogens is 2. The zero-order valence-electron chi connectivity index (χ0n) is 26.7.